The molecule has 0 atom stereocenters. The average molecular weight is 339 g/mol. The number of ether oxygens (including phenoxy) is 2. The van der Waals surface area contributed by atoms with Gasteiger partial charge in [0.1, 0.15) is 17.5 Å². The van der Waals surface area contributed by atoms with E-state index >= 15 is 0 Å². The van der Waals surface area contributed by atoms with Crippen LogP contribution in [-0.2, 0) is 0 Å². The van der Waals surface area contributed by atoms with Crippen molar-refractivity contribution in [1.29, 1.82) is 5.26 Å². The Balaban J connectivity index is 2.52. The van der Waals surface area contributed by atoms with E-state index in [1.165, 1.54) is 31.4 Å². The van der Waals surface area contributed by atoms with Crippen LogP contribution in [0.15, 0.2) is 48.0 Å². The number of carbonyl (C=O) groups is 1. The minimum absolute atomic E-state index is 0.128. The van der Waals surface area contributed by atoms with Gasteiger partial charge in [-0.05, 0) is 38.1 Å². The Morgan fingerprint density at radius 2 is 1.92 bits per heavy atom. The van der Waals surface area contributed by atoms with Crippen LogP contribution in [-0.4, -0.2) is 19.0 Å². The van der Waals surface area contributed by atoms with Crippen molar-refractivity contribution in [3.8, 4) is 17.6 Å². The Morgan fingerprint density at radius 1 is 1.20 bits per heavy atom. The molecule has 2 aromatic rings. The fourth-order valence-corrected chi connectivity index (χ4v) is 2.26. The Hall–Kier alpha value is -3.13. The predicted octanol–water partition coefficient (Wildman–Crippen LogP) is 4.41. The summed E-state index contributed by atoms with van der Waals surface area (Å²) in [5, 5.41) is 9.38. The van der Waals surface area contributed by atoms with E-state index in [2.05, 4.69) is 0 Å². The molecule has 0 heterocycles. The van der Waals surface area contributed by atoms with Crippen molar-refractivity contribution in [3.05, 3.63) is 65.0 Å². The number of ketones is 1. The molecule has 0 unspecified atom stereocenters. The van der Waals surface area contributed by atoms with Crippen molar-refractivity contribution in [2.45, 2.75) is 20.0 Å². The summed E-state index contributed by atoms with van der Waals surface area (Å²) in [5.41, 5.74) is 0.172. The Bertz CT molecular complexity index is 850. The molecule has 4 nitrogen and oxygen atoms in total. The van der Waals surface area contributed by atoms with Crippen LogP contribution in [0.1, 0.15) is 29.8 Å². The van der Waals surface area contributed by atoms with E-state index in [1.54, 1.807) is 24.3 Å². The highest BCUT2D eigenvalue weighted by molar-refractivity contribution is 6.14. The van der Waals surface area contributed by atoms with Gasteiger partial charge >= 0.3 is 0 Å². The van der Waals surface area contributed by atoms with Crippen molar-refractivity contribution < 1.29 is 18.7 Å². The molecule has 0 saturated carbocycles. The van der Waals surface area contributed by atoms with E-state index in [4.69, 9.17) is 9.47 Å². The van der Waals surface area contributed by atoms with E-state index in [0.717, 1.165) is 0 Å². The third-order valence-corrected chi connectivity index (χ3v) is 3.37. The highest BCUT2D eigenvalue weighted by Gasteiger charge is 2.18. The monoisotopic (exact) mass is 339 g/mol. The van der Waals surface area contributed by atoms with Crippen molar-refractivity contribution in [2.24, 2.45) is 0 Å². The van der Waals surface area contributed by atoms with Gasteiger partial charge in [-0.3, -0.25) is 4.79 Å². The van der Waals surface area contributed by atoms with Crippen LogP contribution < -0.4 is 9.47 Å². The second-order valence-corrected chi connectivity index (χ2v) is 5.52. The minimum atomic E-state index is -0.682. The van der Waals surface area contributed by atoms with E-state index < -0.39 is 11.6 Å². The molecule has 0 bridgehead atoms. The van der Waals surface area contributed by atoms with Gasteiger partial charge in [-0.1, -0.05) is 24.3 Å². The molecule has 0 fully saturated rings. The molecule has 128 valence electrons. The molecular formula is C20H18FNO3. The Labute approximate surface area is 146 Å². The summed E-state index contributed by atoms with van der Waals surface area (Å²) in [7, 11) is 1.51. The molecule has 5 heteroatoms. The zero-order chi connectivity index (χ0) is 18.4. The molecule has 0 aliphatic heterocycles. The van der Waals surface area contributed by atoms with Gasteiger partial charge in [0.2, 0.25) is 5.78 Å². The highest BCUT2D eigenvalue weighted by Crippen LogP contribution is 2.33. The molecule has 0 N–H and O–H groups in total. The molecule has 25 heavy (non-hydrogen) atoms. The molecule has 0 saturated heterocycles. The van der Waals surface area contributed by atoms with Crippen LogP contribution in [0.4, 0.5) is 4.39 Å². The lowest BCUT2D eigenvalue weighted by atomic mass is 10.0. The van der Waals surface area contributed by atoms with Crippen LogP contribution in [0.3, 0.4) is 0 Å². The van der Waals surface area contributed by atoms with Crippen molar-refractivity contribution >= 4 is 11.9 Å². The summed E-state index contributed by atoms with van der Waals surface area (Å²) in [5.74, 6) is -0.441. The highest BCUT2D eigenvalue weighted by atomic mass is 19.1. The summed E-state index contributed by atoms with van der Waals surface area (Å²) >= 11 is 0. The Kier molecular flexibility index (Phi) is 5.91. The molecule has 2 aromatic carbocycles. The van der Waals surface area contributed by atoms with Gasteiger partial charge in [-0.15, -0.1) is 0 Å². The fraction of sp³-hybridized carbons (Fsp3) is 0.200. The van der Waals surface area contributed by atoms with Gasteiger partial charge in [0.25, 0.3) is 0 Å². The SMILES string of the molecule is COc1cccc(/C=C(\C#N)C(=O)c2ccccc2F)c1OC(C)C. The van der Waals surface area contributed by atoms with Crippen LogP contribution in [0.5, 0.6) is 11.5 Å². The molecule has 0 amide bonds. The van der Waals surface area contributed by atoms with Crippen molar-refractivity contribution in [3.63, 3.8) is 0 Å². The van der Waals surface area contributed by atoms with E-state index in [0.29, 0.717) is 17.1 Å². The number of carbonyl (C=O) groups excluding carboxylic acids is 1. The van der Waals surface area contributed by atoms with Gasteiger partial charge in [0, 0.05) is 5.56 Å². The third kappa shape index (κ3) is 4.24. The number of halogens is 1. The second kappa shape index (κ2) is 8.11. The first-order valence-electron chi connectivity index (χ1n) is 7.72. The van der Waals surface area contributed by atoms with E-state index in [9.17, 15) is 14.4 Å². The van der Waals surface area contributed by atoms with Crippen molar-refractivity contribution in [1.82, 2.24) is 0 Å². The van der Waals surface area contributed by atoms with Gasteiger partial charge in [-0.25, -0.2) is 4.39 Å². The molecule has 0 aromatic heterocycles. The molecule has 0 spiro atoms. The lowest BCUT2D eigenvalue weighted by Crippen LogP contribution is -2.09. The molecule has 0 aliphatic carbocycles. The normalized spacial score (nSPS) is 11.1. The Morgan fingerprint density at radius 3 is 2.52 bits per heavy atom. The summed E-state index contributed by atoms with van der Waals surface area (Å²) in [6, 6.07) is 12.5. The van der Waals surface area contributed by atoms with Crippen LogP contribution in [0.2, 0.25) is 0 Å². The van der Waals surface area contributed by atoms with Crippen LogP contribution in [0.25, 0.3) is 6.08 Å². The van der Waals surface area contributed by atoms with Gasteiger partial charge < -0.3 is 9.47 Å². The first kappa shape index (κ1) is 18.2. The topological polar surface area (TPSA) is 59.3 Å². The summed E-state index contributed by atoms with van der Waals surface area (Å²) in [6.07, 6.45) is 1.26. The maximum atomic E-state index is 13.8. The number of nitrogens with zero attached hydrogens (tertiary/aromatic N) is 1. The van der Waals surface area contributed by atoms with Gasteiger partial charge in [0.15, 0.2) is 11.5 Å². The number of nitriles is 1. The zero-order valence-electron chi connectivity index (χ0n) is 14.2. The minimum Gasteiger partial charge on any atom is -0.493 e. The summed E-state index contributed by atoms with van der Waals surface area (Å²) in [4.78, 5) is 12.5. The maximum Gasteiger partial charge on any atom is 0.206 e. The maximum absolute atomic E-state index is 13.8. The number of methoxy groups -OCH3 is 1. The molecule has 0 radical (unpaired) electrons. The fourth-order valence-electron chi connectivity index (χ4n) is 2.26. The number of Topliss-reactive ketones (excluding diaryl/α,β-unsaturated/α-hetero) is 1. The molecule has 2 rings (SSSR count). The number of hydrogen-bond donors (Lipinski definition) is 0. The van der Waals surface area contributed by atoms with Crippen molar-refractivity contribution in [2.75, 3.05) is 7.11 Å². The van der Waals surface area contributed by atoms with Gasteiger partial charge in [0.05, 0.1) is 18.8 Å². The van der Waals surface area contributed by atoms with E-state index in [-0.39, 0.29) is 17.2 Å². The van der Waals surface area contributed by atoms with E-state index in [1.807, 2.05) is 19.9 Å². The lowest BCUT2D eigenvalue weighted by Gasteiger charge is -2.16. The average Bonchev–Trinajstić information content (AvgIpc) is 2.60. The lowest BCUT2D eigenvalue weighted by molar-refractivity contribution is 0.103. The summed E-state index contributed by atoms with van der Waals surface area (Å²) in [6.45, 7) is 3.71. The largest absolute Gasteiger partial charge is 0.493 e. The number of allylic oxidation sites excluding steroid dienone is 1. The standard InChI is InChI=1S/C20H18FNO3/c1-13(2)25-20-14(7-6-10-18(20)24-3)11-15(12-22)19(23)16-8-4-5-9-17(16)21/h4-11,13H,1-3H3/b15-11+. The smallest absolute Gasteiger partial charge is 0.206 e. The number of hydrogen-bond acceptors (Lipinski definition) is 4. The first-order chi connectivity index (χ1) is 12.0. The summed E-state index contributed by atoms with van der Waals surface area (Å²) < 4.78 is 24.9. The number of rotatable bonds is 6. The zero-order valence-corrected chi connectivity index (χ0v) is 14.2. The number of benzene rings is 2. The predicted molar refractivity (Wildman–Crippen MR) is 93.1 cm³/mol. The second-order valence-electron chi connectivity index (χ2n) is 5.52. The number of para-hydroxylation sites is 1. The van der Waals surface area contributed by atoms with Crippen LogP contribution in [0, 0.1) is 17.1 Å². The molecular weight excluding hydrogens is 321 g/mol. The molecule has 0 aliphatic rings. The third-order valence-electron chi connectivity index (χ3n) is 3.37. The van der Waals surface area contributed by atoms with Gasteiger partial charge in [-0.2, -0.15) is 5.26 Å². The quantitative estimate of drug-likeness (QED) is 0.444. The van der Waals surface area contributed by atoms with Crippen LogP contribution >= 0.6 is 0 Å². The first-order valence-corrected chi connectivity index (χ1v) is 7.72.